The molecule has 1 rings (SSSR count). The molecule has 0 saturated heterocycles. The number of halogens is 2. The molecule has 4 nitrogen and oxygen atoms in total. The summed E-state index contributed by atoms with van der Waals surface area (Å²) in [5.41, 5.74) is 6.02. The third-order valence-corrected chi connectivity index (χ3v) is 3.39. The fraction of sp³-hybridized carbons (Fsp3) is 0.200. The van der Waals surface area contributed by atoms with E-state index >= 15 is 0 Å². The third-order valence-electron chi connectivity index (χ3n) is 1.76. The molecular formula is C10H14BrClN2O2S. The van der Waals surface area contributed by atoms with E-state index in [1.165, 1.54) is 6.08 Å². The zero-order chi connectivity index (χ0) is 12.0. The Morgan fingerprint density at radius 1 is 1.29 bits per heavy atom. The summed E-state index contributed by atoms with van der Waals surface area (Å²) in [6, 6.07) is 7.33. The summed E-state index contributed by atoms with van der Waals surface area (Å²) in [5, 5.41) is 1.13. The van der Waals surface area contributed by atoms with Gasteiger partial charge in [0.15, 0.2) is 0 Å². The molecule has 0 fully saturated rings. The summed E-state index contributed by atoms with van der Waals surface area (Å²) in [6.07, 6.45) is 1.53. The van der Waals surface area contributed by atoms with Crippen molar-refractivity contribution in [1.82, 2.24) is 4.72 Å². The molecule has 0 saturated carbocycles. The molecule has 0 radical (unpaired) electrons. The highest BCUT2D eigenvalue weighted by molar-refractivity contribution is 9.10. The van der Waals surface area contributed by atoms with Crippen LogP contribution < -0.4 is 10.5 Å². The maximum Gasteiger partial charge on any atom is 0.233 e. The maximum atomic E-state index is 11.4. The molecule has 0 heterocycles. The molecule has 17 heavy (non-hydrogen) atoms. The van der Waals surface area contributed by atoms with Crippen molar-refractivity contribution in [3.63, 3.8) is 0 Å². The van der Waals surface area contributed by atoms with Gasteiger partial charge >= 0.3 is 0 Å². The minimum absolute atomic E-state index is 0. The molecule has 0 spiro atoms. The van der Waals surface area contributed by atoms with E-state index in [2.05, 4.69) is 20.7 Å². The molecule has 0 aliphatic carbocycles. The average Bonchev–Trinajstić information content (AvgIpc) is 2.26. The Hall–Kier alpha value is -0.400. The largest absolute Gasteiger partial charge is 0.329 e. The molecule has 1 aromatic rings. The van der Waals surface area contributed by atoms with E-state index in [9.17, 15) is 8.42 Å². The van der Waals surface area contributed by atoms with Crippen LogP contribution in [0.3, 0.4) is 0 Å². The van der Waals surface area contributed by atoms with Crippen molar-refractivity contribution in [1.29, 1.82) is 0 Å². The minimum Gasteiger partial charge on any atom is -0.329 e. The van der Waals surface area contributed by atoms with Gasteiger partial charge in [-0.1, -0.05) is 28.1 Å². The Kier molecular flexibility index (Phi) is 7.65. The lowest BCUT2D eigenvalue weighted by atomic mass is 10.2. The summed E-state index contributed by atoms with van der Waals surface area (Å²) in [4.78, 5) is 0. The highest BCUT2D eigenvalue weighted by Crippen LogP contribution is 2.11. The molecule has 1 aromatic carbocycles. The zero-order valence-electron chi connectivity index (χ0n) is 8.97. The molecule has 0 aliphatic heterocycles. The number of nitrogens with two attached hydrogens (primary N) is 1. The van der Waals surface area contributed by atoms with Crippen molar-refractivity contribution in [2.45, 2.75) is 0 Å². The zero-order valence-corrected chi connectivity index (χ0v) is 12.2. The topological polar surface area (TPSA) is 72.2 Å². The number of sulfonamides is 1. The van der Waals surface area contributed by atoms with Crippen LogP contribution in [0.2, 0.25) is 0 Å². The summed E-state index contributed by atoms with van der Waals surface area (Å²) in [5.74, 6) is 0. The lowest BCUT2D eigenvalue weighted by Gasteiger charge is -1.99. The molecule has 7 heteroatoms. The van der Waals surface area contributed by atoms with Gasteiger partial charge in [-0.3, -0.25) is 0 Å². The van der Waals surface area contributed by atoms with Crippen LogP contribution in [0.5, 0.6) is 0 Å². The Bertz CT molecular complexity index is 460. The Morgan fingerprint density at radius 2 is 1.88 bits per heavy atom. The van der Waals surface area contributed by atoms with Crippen LogP contribution >= 0.6 is 28.3 Å². The van der Waals surface area contributed by atoms with Gasteiger partial charge in [0, 0.05) is 23.0 Å². The van der Waals surface area contributed by atoms with E-state index < -0.39 is 10.0 Å². The van der Waals surface area contributed by atoms with Crippen molar-refractivity contribution >= 4 is 44.4 Å². The summed E-state index contributed by atoms with van der Waals surface area (Å²) in [7, 11) is -3.37. The van der Waals surface area contributed by atoms with Crippen LogP contribution in [0.4, 0.5) is 0 Å². The van der Waals surface area contributed by atoms with Crippen molar-refractivity contribution in [2.75, 3.05) is 13.1 Å². The first kappa shape index (κ1) is 16.6. The number of nitrogens with one attached hydrogen (secondary N) is 1. The van der Waals surface area contributed by atoms with E-state index in [4.69, 9.17) is 5.73 Å². The highest BCUT2D eigenvalue weighted by atomic mass is 79.9. The second-order valence-electron chi connectivity index (χ2n) is 3.08. The Morgan fingerprint density at radius 3 is 2.41 bits per heavy atom. The molecule has 0 aliphatic rings. The molecule has 0 unspecified atom stereocenters. The van der Waals surface area contributed by atoms with Crippen LogP contribution in [0.15, 0.2) is 34.1 Å². The highest BCUT2D eigenvalue weighted by Gasteiger charge is 2.02. The first-order valence-corrected chi connectivity index (χ1v) is 7.01. The van der Waals surface area contributed by atoms with Gasteiger partial charge in [-0.25, -0.2) is 13.1 Å². The van der Waals surface area contributed by atoms with Gasteiger partial charge in [0.05, 0.1) is 0 Å². The second-order valence-corrected chi connectivity index (χ2v) is 5.65. The van der Waals surface area contributed by atoms with E-state index in [0.717, 1.165) is 15.4 Å². The fourth-order valence-corrected chi connectivity index (χ4v) is 2.09. The maximum absolute atomic E-state index is 11.4. The van der Waals surface area contributed by atoms with Gasteiger partial charge in [-0.05, 0) is 23.8 Å². The van der Waals surface area contributed by atoms with Crippen LogP contribution in [0.25, 0.3) is 6.08 Å². The van der Waals surface area contributed by atoms with Crippen LogP contribution in [0.1, 0.15) is 5.56 Å². The third kappa shape index (κ3) is 6.80. The van der Waals surface area contributed by atoms with Gasteiger partial charge in [0.2, 0.25) is 10.0 Å². The van der Waals surface area contributed by atoms with Crippen molar-refractivity contribution in [3.05, 3.63) is 39.7 Å². The summed E-state index contributed by atoms with van der Waals surface area (Å²) >= 11 is 3.30. The Labute approximate surface area is 116 Å². The standard InChI is InChI=1S/C10H13BrN2O2S.ClH/c11-10-3-1-9(2-4-10)5-8-16(14,15)13-7-6-12;/h1-5,8,13H,6-7,12H2;1H. The van der Waals surface area contributed by atoms with E-state index in [-0.39, 0.29) is 25.5 Å². The molecule has 96 valence electrons. The smallest absolute Gasteiger partial charge is 0.233 e. The number of hydrogen-bond donors (Lipinski definition) is 2. The normalized spacial score (nSPS) is 11.4. The lowest BCUT2D eigenvalue weighted by molar-refractivity contribution is 0.591. The van der Waals surface area contributed by atoms with E-state index in [1.807, 2.05) is 24.3 Å². The molecular weight excluding hydrogens is 328 g/mol. The quantitative estimate of drug-likeness (QED) is 0.856. The molecule has 0 amide bonds. The van der Waals surface area contributed by atoms with Crippen molar-refractivity contribution < 1.29 is 8.42 Å². The summed E-state index contributed by atoms with van der Waals surface area (Å²) in [6.45, 7) is 0.526. The van der Waals surface area contributed by atoms with Gasteiger partial charge in [-0.15, -0.1) is 12.4 Å². The van der Waals surface area contributed by atoms with Gasteiger partial charge in [0.25, 0.3) is 0 Å². The summed E-state index contributed by atoms with van der Waals surface area (Å²) < 4.78 is 26.0. The lowest BCUT2D eigenvalue weighted by Crippen LogP contribution is -2.27. The van der Waals surface area contributed by atoms with Gasteiger partial charge < -0.3 is 5.73 Å². The van der Waals surface area contributed by atoms with Crippen LogP contribution in [0, 0.1) is 0 Å². The van der Waals surface area contributed by atoms with Gasteiger partial charge in [-0.2, -0.15) is 0 Å². The van der Waals surface area contributed by atoms with E-state index in [0.29, 0.717) is 0 Å². The molecule has 0 atom stereocenters. The SMILES string of the molecule is Cl.NCCNS(=O)(=O)C=Cc1ccc(Br)cc1. The van der Waals surface area contributed by atoms with E-state index in [1.54, 1.807) is 0 Å². The molecule has 3 N–H and O–H groups in total. The average molecular weight is 342 g/mol. The molecule has 0 aromatic heterocycles. The first-order valence-electron chi connectivity index (χ1n) is 4.67. The van der Waals surface area contributed by atoms with Crippen LogP contribution in [-0.4, -0.2) is 21.5 Å². The Balaban J connectivity index is 0.00000256. The number of benzene rings is 1. The molecule has 0 bridgehead atoms. The van der Waals surface area contributed by atoms with Crippen LogP contribution in [-0.2, 0) is 10.0 Å². The predicted molar refractivity (Wildman–Crippen MR) is 76.4 cm³/mol. The number of rotatable bonds is 5. The van der Waals surface area contributed by atoms with Gasteiger partial charge in [0.1, 0.15) is 0 Å². The van der Waals surface area contributed by atoms with Crippen molar-refractivity contribution in [3.8, 4) is 0 Å². The first-order chi connectivity index (χ1) is 7.53. The second kappa shape index (κ2) is 7.84. The fourth-order valence-electron chi connectivity index (χ4n) is 0.991. The number of hydrogen-bond acceptors (Lipinski definition) is 3. The van der Waals surface area contributed by atoms with Crippen molar-refractivity contribution in [2.24, 2.45) is 5.73 Å². The predicted octanol–water partition coefficient (Wildman–Crippen LogP) is 1.72. The minimum atomic E-state index is -3.37. The monoisotopic (exact) mass is 340 g/mol.